The summed E-state index contributed by atoms with van der Waals surface area (Å²) in [6, 6.07) is 2.04. The third-order valence-corrected chi connectivity index (χ3v) is 4.49. The molecule has 0 aromatic carbocycles. The van der Waals surface area contributed by atoms with Crippen LogP contribution in [-0.4, -0.2) is 23.3 Å². The molecule has 1 fully saturated rings. The van der Waals surface area contributed by atoms with Gasteiger partial charge in [-0.2, -0.15) is 0 Å². The van der Waals surface area contributed by atoms with E-state index in [2.05, 4.69) is 55.5 Å². The van der Waals surface area contributed by atoms with Crippen LogP contribution in [0.2, 0.25) is 0 Å². The van der Waals surface area contributed by atoms with Crippen molar-refractivity contribution < 1.29 is 9.31 Å². The van der Waals surface area contributed by atoms with E-state index in [1.807, 2.05) is 12.3 Å². The summed E-state index contributed by atoms with van der Waals surface area (Å²) in [5.74, 6) is 0. The Morgan fingerprint density at radius 3 is 2.22 bits per heavy atom. The zero-order valence-corrected chi connectivity index (χ0v) is 13.2. The Morgan fingerprint density at radius 2 is 1.78 bits per heavy atom. The van der Waals surface area contributed by atoms with Gasteiger partial charge in [-0.15, -0.1) is 0 Å². The van der Waals surface area contributed by atoms with E-state index in [1.165, 1.54) is 0 Å². The summed E-state index contributed by atoms with van der Waals surface area (Å²) in [6.45, 7) is 10.3. The molecule has 18 heavy (non-hydrogen) atoms. The highest BCUT2D eigenvalue weighted by Gasteiger charge is 2.51. The SMILES string of the molecule is CCc1ncc(B2OC(C)(C)C(C)(C)O2)cc1Br. The standard InChI is InChI=1S/C13H19BBrNO2/c1-6-11-10(15)7-9(8-16-11)14-17-12(2,3)13(4,5)18-14/h7-8H,6H2,1-5H3. The Balaban J connectivity index is 2.27. The van der Waals surface area contributed by atoms with Crippen LogP contribution in [0.3, 0.4) is 0 Å². The fraction of sp³-hybridized carbons (Fsp3) is 0.615. The van der Waals surface area contributed by atoms with E-state index in [0.717, 1.165) is 22.1 Å². The van der Waals surface area contributed by atoms with Gasteiger partial charge in [0.2, 0.25) is 0 Å². The summed E-state index contributed by atoms with van der Waals surface area (Å²) >= 11 is 3.54. The molecule has 0 aliphatic carbocycles. The van der Waals surface area contributed by atoms with Gasteiger partial charge in [0.1, 0.15) is 0 Å². The molecule has 3 nitrogen and oxygen atoms in total. The summed E-state index contributed by atoms with van der Waals surface area (Å²) in [5.41, 5.74) is 1.38. The third-order valence-electron chi connectivity index (χ3n) is 3.80. The number of aryl methyl sites for hydroxylation is 1. The van der Waals surface area contributed by atoms with E-state index in [4.69, 9.17) is 9.31 Å². The Hall–Kier alpha value is -0.385. The van der Waals surface area contributed by atoms with Crippen LogP contribution in [0.4, 0.5) is 0 Å². The first-order chi connectivity index (χ1) is 8.27. The number of aromatic nitrogens is 1. The molecule has 2 heterocycles. The highest BCUT2D eigenvalue weighted by atomic mass is 79.9. The Kier molecular flexibility index (Phi) is 3.60. The van der Waals surface area contributed by atoms with Gasteiger partial charge in [-0.3, -0.25) is 4.98 Å². The average Bonchev–Trinajstić information content (AvgIpc) is 2.48. The van der Waals surface area contributed by atoms with Crippen LogP contribution in [0.25, 0.3) is 0 Å². The van der Waals surface area contributed by atoms with Crippen molar-refractivity contribution in [3.05, 3.63) is 22.4 Å². The average molecular weight is 312 g/mol. The molecule has 0 N–H and O–H groups in total. The maximum atomic E-state index is 6.00. The molecule has 1 aliphatic rings. The van der Waals surface area contributed by atoms with Gasteiger partial charge in [-0.25, -0.2) is 0 Å². The molecule has 0 atom stereocenters. The Bertz CT molecular complexity index is 446. The minimum Gasteiger partial charge on any atom is -0.399 e. The van der Waals surface area contributed by atoms with Crippen LogP contribution in [0, 0.1) is 0 Å². The van der Waals surface area contributed by atoms with Crippen molar-refractivity contribution >= 4 is 28.5 Å². The number of halogens is 1. The summed E-state index contributed by atoms with van der Waals surface area (Å²) < 4.78 is 13.0. The molecule has 0 radical (unpaired) electrons. The number of nitrogens with zero attached hydrogens (tertiary/aromatic N) is 1. The predicted octanol–water partition coefficient (Wildman–Crippen LogP) is 2.71. The lowest BCUT2D eigenvalue weighted by Gasteiger charge is -2.32. The van der Waals surface area contributed by atoms with Crippen LogP contribution in [0.1, 0.15) is 40.3 Å². The van der Waals surface area contributed by atoms with Crippen LogP contribution in [0.15, 0.2) is 16.7 Å². The summed E-state index contributed by atoms with van der Waals surface area (Å²) in [5, 5.41) is 0. The van der Waals surface area contributed by atoms with E-state index >= 15 is 0 Å². The number of pyridine rings is 1. The Morgan fingerprint density at radius 1 is 1.22 bits per heavy atom. The highest BCUT2D eigenvalue weighted by molar-refractivity contribution is 9.10. The van der Waals surface area contributed by atoms with Crippen molar-refractivity contribution in [1.29, 1.82) is 0 Å². The summed E-state index contributed by atoms with van der Waals surface area (Å²) in [7, 11) is -0.343. The van der Waals surface area contributed by atoms with E-state index < -0.39 is 0 Å². The monoisotopic (exact) mass is 311 g/mol. The van der Waals surface area contributed by atoms with E-state index in [0.29, 0.717) is 0 Å². The van der Waals surface area contributed by atoms with Crippen LogP contribution in [-0.2, 0) is 15.7 Å². The minimum absolute atomic E-state index is 0.312. The lowest BCUT2D eigenvalue weighted by molar-refractivity contribution is 0.00578. The molecule has 2 rings (SSSR count). The zero-order valence-electron chi connectivity index (χ0n) is 11.6. The minimum atomic E-state index is -0.343. The third kappa shape index (κ3) is 2.36. The maximum absolute atomic E-state index is 6.00. The molecular formula is C13H19BBrNO2. The second-order valence-electron chi connectivity index (χ2n) is 5.64. The smallest absolute Gasteiger partial charge is 0.399 e. The molecule has 0 bridgehead atoms. The Labute approximate surface area is 118 Å². The predicted molar refractivity (Wildman–Crippen MR) is 77.0 cm³/mol. The first-order valence-corrected chi connectivity index (χ1v) is 7.06. The van der Waals surface area contributed by atoms with Gasteiger partial charge >= 0.3 is 7.12 Å². The van der Waals surface area contributed by atoms with Crippen molar-refractivity contribution in [2.45, 2.75) is 52.2 Å². The second kappa shape index (κ2) is 4.62. The fourth-order valence-corrected chi connectivity index (χ4v) is 2.50. The van der Waals surface area contributed by atoms with Gasteiger partial charge in [0, 0.05) is 16.1 Å². The van der Waals surface area contributed by atoms with Gasteiger partial charge in [0.15, 0.2) is 0 Å². The number of hydrogen-bond acceptors (Lipinski definition) is 3. The number of rotatable bonds is 2. The van der Waals surface area contributed by atoms with Crippen molar-refractivity contribution in [3.8, 4) is 0 Å². The second-order valence-corrected chi connectivity index (χ2v) is 6.49. The molecule has 0 amide bonds. The molecule has 1 aliphatic heterocycles. The first kappa shape index (κ1) is 14.0. The summed E-state index contributed by atoms with van der Waals surface area (Å²) in [4.78, 5) is 4.43. The summed E-state index contributed by atoms with van der Waals surface area (Å²) in [6.07, 6.45) is 2.75. The van der Waals surface area contributed by atoms with Crippen LogP contribution in [0.5, 0.6) is 0 Å². The molecule has 1 aromatic rings. The zero-order chi connectivity index (χ0) is 13.6. The molecule has 0 spiro atoms. The quantitative estimate of drug-likeness (QED) is 0.787. The number of hydrogen-bond donors (Lipinski definition) is 0. The van der Waals surface area contributed by atoms with Gasteiger partial charge in [-0.1, -0.05) is 6.92 Å². The normalized spacial score (nSPS) is 21.3. The first-order valence-electron chi connectivity index (χ1n) is 6.27. The van der Waals surface area contributed by atoms with Crippen LogP contribution < -0.4 is 5.46 Å². The molecule has 98 valence electrons. The van der Waals surface area contributed by atoms with E-state index in [1.54, 1.807) is 0 Å². The van der Waals surface area contributed by atoms with Gasteiger partial charge in [0.25, 0.3) is 0 Å². The lowest BCUT2D eigenvalue weighted by Crippen LogP contribution is -2.41. The largest absolute Gasteiger partial charge is 0.496 e. The van der Waals surface area contributed by atoms with Crippen molar-refractivity contribution in [2.75, 3.05) is 0 Å². The molecule has 1 saturated heterocycles. The molecule has 0 unspecified atom stereocenters. The topological polar surface area (TPSA) is 31.4 Å². The molecular weight excluding hydrogens is 293 g/mol. The van der Waals surface area contributed by atoms with E-state index in [9.17, 15) is 0 Å². The van der Waals surface area contributed by atoms with Crippen molar-refractivity contribution in [2.24, 2.45) is 0 Å². The van der Waals surface area contributed by atoms with E-state index in [-0.39, 0.29) is 18.3 Å². The molecule has 1 aromatic heterocycles. The van der Waals surface area contributed by atoms with Crippen molar-refractivity contribution in [3.63, 3.8) is 0 Å². The maximum Gasteiger partial charge on any atom is 0.496 e. The highest BCUT2D eigenvalue weighted by Crippen LogP contribution is 2.36. The van der Waals surface area contributed by atoms with Gasteiger partial charge in [0.05, 0.1) is 16.9 Å². The van der Waals surface area contributed by atoms with Crippen LogP contribution >= 0.6 is 15.9 Å². The fourth-order valence-electron chi connectivity index (χ4n) is 1.85. The lowest BCUT2D eigenvalue weighted by atomic mass is 9.80. The molecule has 0 saturated carbocycles. The van der Waals surface area contributed by atoms with Crippen molar-refractivity contribution in [1.82, 2.24) is 4.98 Å². The van der Waals surface area contributed by atoms with Gasteiger partial charge < -0.3 is 9.31 Å². The van der Waals surface area contributed by atoms with Gasteiger partial charge in [-0.05, 0) is 56.1 Å². The molecule has 5 heteroatoms.